The van der Waals surface area contributed by atoms with E-state index in [1.54, 1.807) is 0 Å². The molecule has 14 heteroatoms. The predicted molar refractivity (Wildman–Crippen MR) is 252 cm³/mol. The van der Waals surface area contributed by atoms with Gasteiger partial charge in [0.15, 0.2) is 12.6 Å². The van der Waals surface area contributed by atoms with Crippen LogP contribution in [0, 0.1) is 0 Å². The second-order valence-electron chi connectivity index (χ2n) is 18.7. The van der Waals surface area contributed by atoms with Gasteiger partial charge in [-0.05, 0) is 38.5 Å². The van der Waals surface area contributed by atoms with Crippen molar-refractivity contribution in [3.63, 3.8) is 0 Å². The molecule has 0 aliphatic carbocycles. The van der Waals surface area contributed by atoms with Gasteiger partial charge in [-0.1, -0.05) is 174 Å². The SMILES string of the molecule is CCCCCCCC/C=C\CCCCCCCCCCCCOCC(COC1OC(COC2OC(CO)C(O)C(O)C2O)C(O)C(O)C1O)OC(=O)CCCCCCCCCCCCC. The van der Waals surface area contributed by atoms with Crippen LogP contribution < -0.4 is 0 Å². The van der Waals surface area contributed by atoms with Gasteiger partial charge >= 0.3 is 5.97 Å². The molecule has 0 saturated carbocycles. The molecule has 11 atom stereocenters. The van der Waals surface area contributed by atoms with Crippen LogP contribution in [0.2, 0.25) is 0 Å². The highest BCUT2D eigenvalue weighted by Crippen LogP contribution is 2.26. The fraction of sp³-hybridized carbons (Fsp3) is 0.941. The van der Waals surface area contributed by atoms with Crippen LogP contribution in [0.5, 0.6) is 0 Å². The van der Waals surface area contributed by atoms with Crippen LogP contribution in [0.1, 0.15) is 206 Å². The Kier molecular flexibility index (Phi) is 36.4. The number of carbonyl (C=O) groups excluding carboxylic acids is 1. The number of hydrogen-bond donors (Lipinski definition) is 7. The quantitative estimate of drug-likeness (QED) is 0.0176. The number of rotatable bonds is 42. The molecule has 2 aliphatic heterocycles. The Labute approximate surface area is 393 Å². The van der Waals surface area contributed by atoms with Crippen molar-refractivity contribution in [2.24, 2.45) is 0 Å². The van der Waals surface area contributed by atoms with Crippen LogP contribution in [0.3, 0.4) is 0 Å². The summed E-state index contributed by atoms with van der Waals surface area (Å²) >= 11 is 0. The van der Waals surface area contributed by atoms with E-state index < -0.39 is 80.7 Å². The molecule has 2 rings (SSSR count). The van der Waals surface area contributed by atoms with E-state index in [9.17, 15) is 40.5 Å². The van der Waals surface area contributed by atoms with Gasteiger partial charge in [0.2, 0.25) is 0 Å². The number of ether oxygens (including phenoxy) is 6. The Hall–Kier alpha value is -1.27. The number of aliphatic hydroxyl groups is 7. The zero-order valence-corrected chi connectivity index (χ0v) is 40.7. The zero-order valence-electron chi connectivity index (χ0n) is 40.7. The summed E-state index contributed by atoms with van der Waals surface area (Å²) in [6, 6.07) is 0. The van der Waals surface area contributed by atoms with Crippen molar-refractivity contribution in [1.29, 1.82) is 0 Å². The lowest BCUT2D eigenvalue weighted by molar-refractivity contribution is -0.332. The first-order chi connectivity index (χ1) is 31.6. The third-order valence-electron chi connectivity index (χ3n) is 12.8. The first kappa shape index (κ1) is 59.9. The van der Waals surface area contributed by atoms with E-state index in [0.717, 1.165) is 38.5 Å². The van der Waals surface area contributed by atoms with Crippen LogP contribution >= 0.6 is 0 Å². The lowest BCUT2D eigenvalue weighted by Crippen LogP contribution is -2.61. The zero-order chi connectivity index (χ0) is 47.3. The van der Waals surface area contributed by atoms with Gasteiger partial charge in [0.1, 0.15) is 54.9 Å². The fourth-order valence-electron chi connectivity index (χ4n) is 8.46. The highest BCUT2D eigenvalue weighted by molar-refractivity contribution is 5.69. The number of esters is 1. The van der Waals surface area contributed by atoms with Gasteiger partial charge in [-0.25, -0.2) is 0 Å². The van der Waals surface area contributed by atoms with E-state index >= 15 is 0 Å². The molecular formula is C51H96O14. The van der Waals surface area contributed by atoms with Gasteiger partial charge in [0.05, 0.1) is 26.4 Å². The Morgan fingerprint density at radius 2 is 0.908 bits per heavy atom. The first-order valence-electron chi connectivity index (χ1n) is 26.3. The first-order valence-corrected chi connectivity index (χ1v) is 26.3. The average molecular weight is 933 g/mol. The van der Waals surface area contributed by atoms with Crippen molar-refractivity contribution in [2.45, 2.75) is 274 Å². The Morgan fingerprint density at radius 1 is 0.492 bits per heavy atom. The summed E-state index contributed by atoms with van der Waals surface area (Å²) in [5, 5.41) is 72.1. The number of aliphatic hydroxyl groups excluding tert-OH is 7. The molecule has 65 heavy (non-hydrogen) atoms. The number of allylic oxidation sites excluding steroid dienone is 2. The van der Waals surface area contributed by atoms with E-state index in [2.05, 4.69) is 26.0 Å². The van der Waals surface area contributed by atoms with Crippen molar-refractivity contribution < 1.29 is 69.0 Å². The highest BCUT2D eigenvalue weighted by Gasteiger charge is 2.47. The minimum absolute atomic E-state index is 0.0660. The Morgan fingerprint density at radius 3 is 1.40 bits per heavy atom. The van der Waals surface area contributed by atoms with E-state index in [4.69, 9.17) is 28.4 Å². The van der Waals surface area contributed by atoms with Crippen molar-refractivity contribution in [3.8, 4) is 0 Å². The van der Waals surface area contributed by atoms with E-state index in [-0.39, 0.29) is 25.6 Å². The van der Waals surface area contributed by atoms with Crippen LogP contribution in [0.15, 0.2) is 12.2 Å². The maximum absolute atomic E-state index is 13.0. The van der Waals surface area contributed by atoms with Crippen LogP contribution in [0.25, 0.3) is 0 Å². The van der Waals surface area contributed by atoms with Crippen molar-refractivity contribution in [2.75, 3.05) is 33.0 Å². The minimum atomic E-state index is -1.70. The van der Waals surface area contributed by atoms with Gasteiger partial charge < -0.3 is 64.2 Å². The molecule has 0 aromatic rings. The number of hydrogen-bond acceptors (Lipinski definition) is 14. The summed E-state index contributed by atoms with van der Waals surface area (Å²) in [6.07, 6.45) is 24.2. The summed E-state index contributed by atoms with van der Waals surface area (Å²) < 4.78 is 34.3. The van der Waals surface area contributed by atoms with Crippen LogP contribution in [-0.4, -0.2) is 142 Å². The molecule has 2 aliphatic rings. The molecule has 2 fully saturated rings. The van der Waals surface area contributed by atoms with Crippen molar-refractivity contribution in [1.82, 2.24) is 0 Å². The van der Waals surface area contributed by atoms with Crippen LogP contribution in [-0.2, 0) is 33.2 Å². The Balaban J connectivity index is 1.73. The Bertz CT molecular complexity index is 1130. The molecule has 2 saturated heterocycles. The summed E-state index contributed by atoms with van der Waals surface area (Å²) in [7, 11) is 0. The number of unbranched alkanes of at least 4 members (excludes halogenated alkanes) is 26. The molecule has 2 heterocycles. The molecular weight excluding hydrogens is 837 g/mol. The maximum atomic E-state index is 13.0. The van der Waals surface area contributed by atoms with E-state index in [1.807, 2.05) is 0 Å². The second kappa shape index (κ2) is 39.6. The van der Waals surface area contributed by atoms with Crippen molar-refractivity contribution in [3.05, 3.63) is 12.2 Å². The minimum Gasteiger partial charge on any atom is -0.457 e. The molecule has 0 amide bonds. The lowest BCUT2D eigenvalue weighted by Gasteiger charge is -2.42. The smallest absolute Gasteiger partial charge is 0.306 e. The fourth-order valence-corrected chi connectivity index (χ4v) is 8.46. The second-order valence-corrected chi connectivity index (χ2v) is 18.7. The van der Waals surface area contributed by atoms with Crippen molar-refractivity contribution >= 4 is 5.97 Å². The van der Waals surface area contributed by atoms with Gasteiger partial charge in [-0.15, -0.1) is 0 Å². The largest absolute Gasteiger partial charge is 0.457 e. The third-order valence-corrected chi connectivity index (χ3v) is 12.8. The molecule has 0 aromatic carbocycles. The van der Waals surface area contributed by atoms with E-state index in [0.29, 0.717) is 13.0 Å². The van der Waals surface area contributed by atoms with Crippen LogP contribution in [0.4, 0.5) is 0 Å². The number of carbonyl (C=O) groups is 1. The summed E-state index contributed by atoms with van der Waals surface area (Å²) in [4.78, 5) is 13.0. The van der Waals surface area contributed by atoms with E-state index in [1.165, 1.54) is 141 Å². The molecule has 14 nitrogen and oxygen atoms in total. The lowest BCUT2D eigenvalue weighted by atomic mass is 9.98. The molecule has 384 valence electrons. The predicted octanol–water partition coefficient (Wildman–Crippen LogP) is 7.85. The summed E-state index contributed by atoms with van der Waals surface area (Å²) in [5.74, 6) is -0.375. The molecule has 0 bridgehead atoms. The summed E-state index contributed by atoms with van der Waals surface area (Å²) in [6.45, 7) is 3.70. The monoisotopic (exact) mass is 933 g/mol. The molecule has 0 aromatic heterocycles. The molecule has 0 spiro atoms. The highest BCUT2D eigenvalue weighted by atomic mass is 16.7. The van der Waals surface area contributed by atoms with Gasteiger partial charge in [-0.2, -0.15) is 0 Å². The topological polar surface area (TPSA) is 214 Å². The van der Waals surface area contributed by atoms with Gasteiger partial charge in [0.25, 0.3) is 0 Å². The molecule has 7 N–H and O–H groups in total. The third kappa shape index (κ3) is 27.5. The molecule has 0 radical (unpaired) electrons. The van der Waals surface area contributed by atoms with Gasteiger partial charge in [0, 0.05) is 13.0 Å². The normalized spacial score (nSPS) is 26.5. The standard InChI is InChI=1S/C51H96O14/c1-3-5-7-9-11-13-15-16-17-18-19-20-21-22-23-25-27-29-31-33-35-60-37-40(63-43(53)34-32-30-28-26-24-14-12-10-8-6-4-2)38-61-50-49(59)47(57)45(55)42(65-50)39-62-51-48(58)46(56)44(54)41(36-52)64-51/h16-17,40-42,44-52,54-59H,3-15,18-39H2,1-2H3/b17-16-. The average Bonchev–Trinajstić information content (AvgIpc) is 3.30. The van der Waals surface area contributed by atoms with Gasteiger partial charge in [-0.3, -0.25) is 4.79 Å². The summed E-state index contributed by atoms with van der Waals surface area (Å²) in [5.41, 5.74) is 0. The maximum Gasteiger partial charge on any atom is 0.306 e. The molecule has 11 unspecified atom stereocenters.